The van der Waals surface area contributed by atoms with Gasteiger partial charge in [0.2, 0.25) is 0 Å². The lowest BCUT2D eigenvalue weighted by Gasteiger charge is -2.05. The second-order valence-corrected chi connectivity index (χ2v) is 5.97. The van der Waals surface area contributed by atoms with Crippen molar-refractivity contribution in [3.05, 3.63) is 95.6 Å². The maximum absolute atomic E-state index is 13.6. The zero-order valence-electron chi connectivity index (χ0n) is 15.5. The van der Waals surface area contributed by atoms with Crippen molar-refractivity contribution in [3.63, 3.8) is 0 Å². The molecule has 3 aromatic rings. The number of carbonyl (C=O) groups is 2. The average Bonchev–Trinajstić information content (AvgIpc) is 2.75. The molecule has 3 rings (SSSR count). The molecule has 0 fully saturated rings. The van der Waals surface area contributed by atoms with E-state index >= 15 is 0 Å². The molecule has 0 heterocycles. The number of halogens is 2. The average molecular weight is 410 g/mol. The molecule has 3 aromatic carbocycles. The number of nitrogens with one attached hydrogen (secondary N) is 1. The summed E-state index contributed by atoms with van der Waals surface area (Å²) in [5.41, 5.74) is 2.76. The Kier molecular flexibility index (Phi) is 6.83. The van der Waals surface area contributed by atoms with Gasteiger partial charge in [0.25, 0.3) is 5.91 Å². The molecular weight excluding hydrogens is 394 g/mol. The number of hydrazone groups is 1. The number of rotatable bonds is 7. The Labute approximate surface area is 170 Å². The maximum atomic E-state index is 13.6. The topological polar surface area (TPSA) is 77.0 Å². The van der Waals surface area contributed by atoms with Gasteiger partial charge in [-0.25, -0.2) is 19.0 Å². The van der Waals surface area contributed by atoms with E-state index in [2.05, 4.69) is 10.5 Å². The van der Waals surface area contributed by atoms with Gasteiger partial charge in [-0.3, -0.25) is 4.79 Å². The van der Waals surface area contributed by atoms with Crippen LogP contribution in [0.25, 0.3) is 0 Å². The van der Waals surface area contributed by atoms with E-state index in [1.54, 1.807) is 12.1 Å². The van der Waals surface area contributed by atoms with Gasteiger partial charge >= 0.3 is 5.97 Å². The van der Waals surface area contributed by atoms with Gasteiger partial charge in [0.05, 0.1) is 11.8 Å². The van der Waals surface area contributed by atoms with E-state index in [4.69, 9.17) is 9.47 Å². The highest BCUT2D eigenvalue weighted by Gasteiger charge is 2.13. The van der Waals surface area contributed by atoms with Crippen LogP contribution in [-0.2, 0) is 4.79 Å². The van der Waals surface area contributed by atoms with Crippen molar-refractivity contribution in [2.75, 3.05) is 6.61 Å². The highest BCUT2D eigenvalue weighted by molar-refractivity contribution is 5.91. The molecule has 0 atom stereocenters. The van der Waals surface area contributed by atoms with Gasteiger partial charge in [-0.05, 0) is 66.2 Å². The van der Waals surface area contributed by atoms with Crippen LogP contribution in [0.5, 0.6) is 11.5 Å². The molecule has 1 amide bonds. The maximum Gasteiger partial charge on any atom is 0.346 e. The minimum absolute atomic E-state index is 0.159. The molecule has 0 spiro atoms. The summed E-state index contributed by atoms with van der Waals surface area (Å²) in [5.74, 6) is -1.77. The summed E-state index contributed by atoms with van der Waals surface area (Å²) in [6.45, 7) is -0.284. The molecule has 6 nitrogen and oxygen atoms in total. The van der Waals surface area contributed by atoms with Crippen LogP contribution in [-0.4, -0.2) is 24.7 Å². The summed E-state index contributed by atoms with van der Waals surface area (Å²) < 4.78 is 36.7. The van der Waals surface area contributed by atoms with E-state index < -0.39 is 23.5 Å². The quantitative estimate of drug-likeness (QED) is 0.279. The van der Waals surface area contributed by atoms with Crippen molar-refractivity contribution in [2.24, 2.45) is 5.10 Å². The number of nitrogens with zero attached hydrogens (tertiary/aromatic N) is 1. The molecule has 0 unspecified atom stereocenters. The van der Waals surface area contributed by atoms with E-state index in [1.807, 2.05) is 0 Å². The summed E-state index contributed by atoms with van der Waals surface area (Å²) in [4.78, 5) is 23.7. The fourth-order valence-corrected chi connectivity index (χ4v) is 2.30. The van der Waals surface area contributed by atoms with E-state index in [0.717, 1.165) is 0 Å². The van der Waals surface area contributed by atoms with Crippen molar-refractivity contribution < 1.29 is 27.8 Å². The Morgan fingerprint density at radius 2 is 1.57 bits per heavy atom. The summed E-state index contributed by atoms with van der Waals surface area (Å²) in [7, 11) is 0. The van der Waals surface area contributed by atoms with E-state index in [1.165, 1.54) is 66.9 Å². The van der Waals surface area contributed by atoms with Crippen molar-refractivity contribution in [3.8, 4) is 11.5 Å². The summed E-state index contributed by atoms with van der Waals surface area (Å²) in [5, 5.41) is 3.80. The predicted molar refractivity (Wildman–Crippen MR) is 105 cm³/mol. The van der Waals surface area contributed by atoms with Crippen LogP contribution in [0.2, 0.25) is 0 Å². The smallest absolute Gasteiger partial charge is 0.346 e. The molecule has 0 aromatic heterocycles. The summed E-state index contributed by atoms with van der Waals surface area (Å²) in [6, 6.07) is 17.0. The zero-order valence-corrected chi connectivity index (χ0v) is 15.5. The lowest BCUT2D eigenvalue weighted by Crippen LogP contribution is -2.24. The Balaban J connectivity index is 1.47. The Bertz CT molecular complexity index is 1050. The molecule has 0 radical (unpaired) electrons. The number of hydrogen-bond acceptors (Lipinski definition) is 5. The van der Waals surface area contributed by atoms with Crippen LogP contribution in [0, 0.1) is 11.6 Å². The first-order valence-electron chi connectivity index (χ1n) is 8.78. The molecule has 8 heteroatoms. The Hall–Kier alpha value is -4.07. The molecule has 152 valence electrons. The number of esters is 1. The van der Waals surface area contributed by atoms with Crippen LogP contribution in [0.15, 0.2) is 77.9 Å². The lowest BCUT2D eigenvalue weighted by molar-refractivity contribution is -0.123. The molecule has 0 aliphatic rings. The van der Waals surface area contributed by atoms with Crippen LogP contribution < -0.4 is 14.9 Å². The van der Waals surface area contributed by atoms with Crippen LogP contribution in [0.4, 0.5) is 8.78 Å². The van der Waals surface area contributed by atoms with Crippen molar-refractivity contribution in [1.29, 1.82) is 0 Å². The largest absolute Gasteiger partial charge is 0.484 e. The molecule has 0 saturated heterocycles. The third kappa shape index (κ3) is 5.96. The monoisotopic (exact) mass is 410 g/mol. The fraction of sp³-hybridized carbons (Fsp3) is 0.0455. The van der Waals surface area contributed by atoms with E-state index in [9.17, 15) is 18.4 Å². The molecule has 0 aliphatic heterocycles. The number of hydrogen-bond donors (Lipinski definition) is 1. The van der Waals surface area contributed by atoms with Crippen molar-refractivity contribution in [2.45, 2.75) is 0 Å². The third-order valence-electron chi connectivity index (χ3n) is 3.77. The second-order valence-electron chi connectivity index (χ2n) is 5.97. The lowest BCUT2D eigenvalue weighted by atomic mass is 10.2. The van der Waals surface area contributed by atoms with Gasteiger partial charge in [0, 0.05) is 0 Å². The SMILES string of the molecule is O=C(COc1ccc(F)cc1)N/N=C\c1ccc(OC(=O)c2ccccc2F)cc1. The normalized spacial score (nSPS) is 10.6. The van der Waals surface area contributed by atoms with Gasteiger partial charge < -0.3 is 9.47 Å². The van der Waals surface area contributed by atoms with E-state index in [0.29, 0.717) is 11.3 Å². The first-order chi connectivity index (χ1) is 14.5. The Morgan fingerprint density at radius 1 is 0.900 bits per heavy atom. The van der Waals surface area contributed by atoms with E-state index in [-0.39, 0.29) is 17.9 Å². The molecular formula is C22H16F2N2O4. The molecule has 0 saturated carbocycles. The van der Waals surface area contributed by atoms with Gasteiger partial charge in [-0.2, -0.15) is 5.10 Å². The highest BCUT2D eigenvalue weighted by atomic mass is 19.1. The molecule has 1 N–H and O–H groups in total. The standard InChI is InChI=1S/C22H16F2N2O4/c23-16-7-11-17(12-8-16)29-14-21(27)26-25-13-15-5-9-18(10-6-15)30-22(28)19-3-1-2-4-20(19)24/h1-13H,14H2,(H,26,27)/b25-13-. The van der Waals surface area contributed by atoms with Crippen LogP contribution in [0.3, 0.4) is 0 Å². The molecule has 0 bridgehead atoms. The molecule has 30 heavy (non-hydrogen) atoms. The first kappa shape index (κ1) is 20.7. The summed E-state index contributed by atoms with van der Waals surface area (Å²) >= 11 is 0. The zero-order chi connectivity index (χ0) is 21.3. The van der Waals surface area contributed by atoms with Gasteiger partial charge in [0.15, 0.2) is 6.61 Å². The van der Waals surface area contributed by atoms with Crippen molar-refractivity contribution >= 4 is 18.1 Å². The number of benzene rings is 3. The minimum Gasteiger partial charge on any atom is -0.484 e. The van der Waals surface area contributed by atoms with Gasteiger partial charge in [-0.1, -0.05) is 12.1 Å². The van der Waals surface area contributed by atoms with Gasteiger partial charge in [-0.15, -0.1) is 0 Å². The predicted octanol–water partition coefficient (Wildman–Crippen LogP) is 3.71. The second kappa shape index (κ2) is 9.92. The van der Waals surface area contributed by atoms with Crippen LogP contribution in [0.1, 0.15) is 15.9 Å². The van der Waals surface area contributed by atoms with Crippen LogP contribution >= 0.6 is 0 Å². The first-order valence-corrected chi connectivity index (χ1v) is 8.78. The third-order valence-corrected chi connectivity index (χ3v) is 3.77. The minimum atomic E-state index is -0.803. The fourth-order valence-electron chi connectivity index (χ4n) is 2.30. The van der Waals surface area contributed by atoms with Gasteiger partial charge in [0.1, 0.15) is 23.1 Å². The summed E-state index contributed by atoms with van der Waals surface area (Å²) in [6.07, 6.45) is 1.39. The number of amides is 1. The highest BCUT2D eigenvalue weighted by Crippen LogP contribution is 2.15. The Morgan fingerprint density at radius 3 is 2.27 bits per heavy atom. The van der Waals surface area contributed by atoms with Crippen molar-refractivity contribution in [1.82, 2.24) is 5.43 Å². The molecule has 0 aliphatic carbocycles. The number of ether oxygens (including phenoxy) is 2. The number of carbonyl (C=O) groups excluding carboxylic acids is 2.